The van der Waals surface area contributed by atoms with Crippen LogP contribution in [-0.4, -0.2) is 37.0 Å². The van der Waals surface area contributed by atoms with Gasteiger partial charge in [0.05, 0.1) is 4.70 Å². The molecule has 3 rings (SSSR count). The van der Waals surface area contributed by atoms with Crippen molar-refractivity contribution < 1.29 is 14.3 Å². The van der Waals surface area contributed by atoms with Crippen molar-refractivity contribution in [1.82, 2.24) is 4.90 Å². The van der Waals surface area contributed by atoms with Crippen molar-refractivity contribution in [2.24, 2.45) is 0 Å². The molecule has 0 saturated heterocycles. The van der Waals surface area contributed by atoms with E-state index in [1.807, 2.05) is 18.2 Å². The van der Waals surface area contributed by atoms with Gasteiger partial charge in [-0.05, 0) is 19.1 Å². The lowest BCUT2D eigenvalue weighted by molar-refractivity contribution is -0.137. The summed E-state index contributed by atoms with van der Waals surface area (Å²) in [4.78, 5) is 25.9. The molecule has 0 spiro atoms. The second-order valence-corrected chi connectivity index (χ2v) is 7.32. The van der Waals surface area contributed by atoms with E-state index in [9.17, 15) is 9.59 Å². The summed E-state index contributed by atoms with van der Waals surface area (Å²) in [5.41, 5.74) is 0. The normalized spacial score (nSPS) is 12.5. The summed E-state index contributed by atoms with van der Waals surface area (Å²) in [6.07, 6.45) is -0.778. The summed E-state index contributed by atoms with van der Waals surface area (Å²) < 4.78 is 8.63. The Morgan fingerprint density at radius 2 is 1.86 bits per heavy atom. The maximum absolute atomic E-state index is 12.2. The van der Waals surface area contributed by atoms with Gasteiger partial charge in [-0.3, -0.25) is 4.79 Å². The quantitative estimate of drug-likeness (QED) is 0.686. The lowest BCUT2D eigenvalue weighted by Crippen LogP contribution is -2.34. The molecule has 1 amide bonds. The highest BCUT2D eigenvalue weighted by Gasteiger charge is 2.22. The minimum absolute atomic E-state index is 0.225. The number of thiophene rings is 2. The van der Waals surface area contributed by atoms with Crippen molar-refractivity contribution in [1.29, 1.82) is 0 Å². The molecule has 0 saturated carbocycles. The number of amides is 1. The molecule has 2 aromatic heterocycles. The summed E-state index contributed by atoms with van der Waals surface area (Å²) in [6.45, 7) is 1.59. The standard InChI is InChI=1S/C16H15NO3S2/c1-9(15(18)17(2)3)20-16(19)13-8-12-14(22-13)10-6-4-5-7-11(10)21-12/h4-9H,1-3H3/t9-/m0/s1. The number of ether oxygens (including phenoxy) is 1. The lowest BCUT2D eigenvalue weighted by atomic mass is 10.2. The molecule has 6 heteroatoms. The predicted molar refractivity (Wildman–Crippen MR) is 90.8 cm³/mol. The molecule has 0 unspecified atom stereocenters. The Bertz CT molecular complexity index is 863. The number of rotatable bonds is 3. The van der Waals surface area contributed by atoms with Crippen LogP contribution < -0.4 is 0 Å². The van der Waals surface area contributed by atoms with Crippen LogP contribution in [0.15, 0.2) is 30.3 Å². The fraction of sp³-hybridized carbons (Fsp3) is 0.250. The molecule has 22 heavy (non-hydrogen) atoms. The summed E-state index contributed by atoms with van der Waals surface area (Å²) in [6, 6.07) is 9.97. The summed E-state index contributed by atoms with van der Waals surface area (Å²) in [7, 11) is 3.28. The van der Waals surface area contributed by atoms with Crippen molar-refractivity contribution in [2.45, 2.75) is 13.0 Å². The monoisotopic (exact) mass is 333 g/mol. The van der Waals surface area contributed by atoms with Crippen molar-refractivity contribution in [2.75, 3.05) is 14.1 Å². The van der Waals surface area contributed by atoms with Crippen molar-refractivity contribution in [3.8, 4) is 0 Å². The highest BCUT2D eigenvalue weighted by molar-refractivity contribution is 7.33. The SMILES string of the molecule is C[C@H](OC(=O)c1cc2sc3ccccc3c2s1)C(=O)N(C)C. The average Bonchev–Trinajstić information content (AvgIpc) is 3.03. The Hall–Kier alpha value is -1.92. The minimum Gasteiger partial charge on any atom is -0.448 e. The van der Waals surface area contributed by atoms with Crippen LogP contribution in [-0.2, 0) is 9.53 Å². The number of fused-ring (bicyclic) bond motifs is 3. The zero-order valence-electron chi connectivity index (χ0n) is 12.5. The van der Waals surface area contributed by atoms with Gasteiger partial charge in [0.15, 0.2) is 6.10 Å². The van der Waals surface area contributed by atoms with Crippen molar-refractivity contribution >= 4 is 54.0 Å². The van der Waals surface area contributed by atoms with Crippen LogP contribution >= 0.6 is 22.7 Å². The smallest absolute Gasteiger partial charge is 0.349 e. The van der Waals surface area contributed by atoms with E-state index >= 15 is 0 Å². The van der Waals surface area contributed by atoms with Crippen LogP contribution in [0, 0.1) is 0 Å². The summed E-state index contributed by atoms with van der Waals surface area (Å²) in [5, 5.41) is 1.16. The molecule has 0 fully saturated rings. The van der Waals surface area contributed by atoms with Gasteiger partial charge in [-0.2, -0.15) is 0 Å². The molecule has 0 aliphatic rings. The molecular weight excluding hydrogens is 318 g/mol. The van der Waals surface area contributed by atoms with Crippen LogP contribution in [0.5, 0.6) is 0 Å². The fourth-order valence-corrected chi connectivity index (χ4v) is 4.64. The number of likely N-dealkylation sites (N-methyl/N-ethyl adjacent to an activating group) is 1. The summed E-state index contributed by atoms with van der Waals surface area (Å²) in [5.74, 6) is -0.669. The first-order chi connectivity index (χ1) is 10.5. The number of esters is 1. The third-order valence-corrected chi connectivity index (χ3v) is 5.72. The van der Waals surface area contributed by atoms with Crippen molar-refractivity contribution in [3.05, 3.63) is 35.2 Å². The highest BCUT2D eigenvalue weighted by atomic mass is 32.1. The maximum Gasteiger partial charge on any atom is 0.349 e. The van der Waals surface area contributed by atoms with E-state index in [0.717, 1.165) is 14.8 Å². The van der Waals surface area contributed by atoms with Gasteiger partial charge in [-0.15, -0.1) is 22.7 Å². The minimum atomic E-state index is -0.778. The van der Waals surface area contributed by atoms with E-state index in [-0.39, 0.29) is 5.91 Å². The number of carbonyl (C=O) groups excluding carboxylic acids is 2. The number of benzene rings is 1. The molecule has 0 N–H and O–H groups in total. The Balaban J connectivity index is 1.87. The van der Waals surface area contributed by atoms with Crippen molar-refractivity contribution in [3.63, 3.8) is 0 Å². The maximum atomic E-state index is 12.2. The average molecular weight is 333 g/mol. The molecule has 0 bridgehead atoms. The molecule has 1 aromatic carbocycles. The zero-order valence-corrected chi connectivity index (χ0v) is 14.1. The first-order valence-corrected chi connectivity index (χ1v) is 8.44. The second kappa shape index (κ2) is 5.70. The lowest BCUT2D eigenvalue weighted by Gasteiger charge is -2.16. The van der Waals surface area contributed by atoms with Crippen LogP contribution in [0.1, 0.15) is 16.6 Å². The van der Waals surface area contributed by atoms with E-state index < -0.39 is 12.1 Å². The molecular formula is C16H15NO3S2. The number of hydrogen-bond donors (Lipinski definition) is 0. The molecule has 3 aromatic rings. The predicted octanol–water partition coefficient (Wildman–Crippen LogP) is 3.75. The topological polar surface area (TPSA) is 46.6 Å². The van der Waals surface area contributed by atoms with E-state index in [1.54, 1.807) is 32.4 Å². The van der Waals surface area contributed by atoms with Gasteiger partial charge < -0.3 is 9.64 Å². The number of carbonyl (C=O) groups is 2. The van der Waals surface area contributed by atoms with Gasteiger partial charge in [-0.25, -0.2) is 4.79 Å². The Labute approximate surface area is 135 Å². The Kier molecular flexibility index (Phi) is 3.88. The van der Waals surface area contributed by atoms with Crippen LogP contribution in [0.3, 0.4) is 0 Å². The molecule has 4 nitrogen and oxygen atoms in total. The van der Waals surface area contributed by atoms with Gasteiger partial charge in [0.1, 0.15) is 4.88 Å². The second-order valence-electron chi connectivity index (χ2n) is 5.18. The Morgan fingerprint density at radius 1 is 1.14 bits per heavy atom. The van der Waals surface area contributed by atoms with Gasteiger partial charge in [-0.1, -0.05) is 18.2 Å². The number of nitrogens with zero attached hydrogens (tertiary/aromatic N) is 1. The van der Waals surface area contributed by atoms with Gasteiger partial charge in [0.2, 0.25) is 0 Å². The first-order valence-electron chi connectivity index (χ1n) is 6.80. The molecule has 0 aliphatic heterocycles. The molecule has 2 heterocycles. The molecule has 0 aliphatic carbocycles. The molecule has 114 valence electrons. The van der Waals surface area contributed by atoms with Crippen LogP contribution in [0.2, 0.25) is 0 Å². The van der Waals surface area contributed by atoms with Gasteiger partial charge >= 0.3 is 5.97 Å². The molecule has 0 radical (unpaired) electrons. The Morgan fingerprint density at radius 3 is 2.59 bits per heavy atom. The first kappa shape index (κ1) is 15.0. The van der Waals surface area contributed by atoms with E-state index in [2.05, 4.69) is 12.1 Å². The van der Waals surface area contributed by atoms with E-state index in [4.69, 9.17) is 4.74 Å². The van der Waals surface area contributed by atoms with E-state index in [0.29, 0.717) is 4.88 Å². The van der Waals surface area contributed by atoms with Crippen LogP contribution in [0.25, 0.3) is 19.5 Å². The largest absolute Gasteiger partial charge is 0.448 e. The van der Waals surface area contributed by atoms with E-state index in [1.165, 1.54) is 20.9 Å². The highest BCUT2D eigenvalue weighted by Crippen LogP contribution is 2.39. The zero-order chi connectivity index (χ0) is 15.9. The number of hydrogen-bond acceptors (Lipinski definition) is 5. The third-order valence-electron chi connectivity index (χ3n) is 3.32. The van der Waals surface area contributed by atoms with Gasteiger partial charge in [0.25, 0.3) is 5.91 Å². The van der Waals surface area contributed by atoms with Crippen LogP contribution in [0.4, 0.5) is 0 Å². The fourth-order valence-electron chi connectivity index (χ4n) is 2.23. The van der Waals surface area contributed by atoms with Gasteiger partial charge in [0, 0.05) is 28.9 Å². The summed E-state index contributed by atoms with van der Waals surface area (Å²) >= 11 is 3.07. The molecule has 1 atom stereocenters. The third kappa shape index (κ3) is 2.60.